The van der Waals surface area contributed by atoms with Gasteiger partial charge in [0, 0.05) is 46.9 Å². The van der Waals surface area contributed by atoms with Crippen LogP contribution in [-0.4, -0.2) is 83.9 Å². The average Bonchev–Trinajstić information content (AvgIpc) is 3.14. The summed E-state index contributed by atoms with van der Waals surface area (Å²) in [6.07, 6.45) is 0.977. The van der Waals surface area contributed by atoms with Crippen molar-refractivity contribution in [2.45, 2.75) is 12.5 Å². The third-order valence-corrected chi connectivity index (χ3v) is 4.42. The highest BCUT2D eigenvalue weighted by atomic mass is 16.5. The van der Waals surface area contributed by atoms with Crippen LogP contribution in [-0.2, 0) is 9.53 Å². The van der Waals surface area contributed by atoms with Crippen molar-refractivity contribution in [1.82, 2.24) is 15.5 Å². The Balaban J connectivity index is 1.98. The first-order valence-electron chi connectivity index (χ1n) is 9.17. The number of carbonyl (C=O) groups is 1. The van der Waals surface area contributed by atoms with Gasteiger partial charge in [-0.2, -0.15) is 0 Å². The lowest BCUT2D eigenvalue weighted by Crippen LogP contribution is -2.46. The average molecular weight is 377 g/mol. The van der Waals surface area contributed by atoms with Crippen LogP contribution >= 0.6 is 0 Å². The first kappa shape index (κ1) is 20.8. The molecule has 0 bridgehead atoms. The zero-order chi connectivity index (χ0) is 19.6. The van der Waals surface area contributed by atoms with Crippen LogP contribution in [0.15, 0.2) is 29.3 Å². The molecule has 2 N–H and O–H groups in total. The van der Waals surface area contributed by atoms with Crippen LogP contribution in [0.1, 0.15) is 6.42 Å². The standard InChI is InChI=1S/C19H31N5O3/c1-23(2)18(25)13-21-19(20-10-12-26-3)22-15-9-11-24(14-15)16-7-5-6-8-17(16)27-4/h5-8,15H,9-14H2,1-4H3,(H2,20,21,22). The number of rotatable bonds is 8. The van der Waals surface area contributed by atoms with Gasteiger partial charge in [0.1, 0.15) is 12.3 Å². The lowest BCUT2D eigenvalue weighted by molar-refractivity contribution is -0.127. The van der Waals surface area contributed by atoms with Crippen LogP contribution in [0.3, 0.4) is 0 Å². The van der Waals surface area contributed by atoms with E-state index in [1.165, 1.54) is 4.90 Å². The Kier molecular flexibility index (Phi) is 8.19. The molecule has 1 fully saturated rings. The molecular weight excluding hydrogens is 346 g/mol. The van der Waals surface area contributed by atoms with Crippen molar-refractivity contribution in [3.63, 3.8) is 0 Å². The lowest BCUT2D eigenvalue weighted by atomic mass is 10.2. The molecule has 0 aliphatic carbocycles. The SMILES string of the molecule is COCCNC(=NCC(=O)N(C)C)NC1CCN(c2ccccc2OC)C1. The molecule has 1 aliphatic heterocycles. The van der Waals surface area contributed by atoms with Crippen LogP contribution in [0.25, 0.3) is 0 Å². The third kappa shape index (κ3) is 6.32. The van der Waals surface area contributed by atoms with Gasteiger partial charge in [-0.3, -0.25) is 4.79 Å². The molecule has 8 heteroatoms. The molecular formula is C19H31N5O3. The Labute approximate surface area is 161 Å². The van der Waals surface area contributed by atoms with Gasteiger partial charge in [0.05, 0.1) is 19.4 Å². The molecule has 1 unspecified atom stereocenters. The molecule has 1 atom stereocenters. The number of carbonyl (C=O) groups excluding carboxylic acids is 1. The maximum Gasteiger partial charge on any atom is 0.243 e. The molecule has 1 aliphatic rings. The van der Waals surface area contributed by atoms with E-state index in [4.69, 9.17) is 9.47 Å². The molecule has 27 heavy (non-hydrogen) atoms. The van der Waals surface area contributed by atoms with E-state index in [1.807, 2.05) is 18.2 Å². The van der Waals surface area contributed by atoms with E-state index in [-0.39, 0.29) is 18.5 Å². The van der Waals surface area contributed by atoms with Crippen LogP contribution in [0, 0.1) is 0 Å². The summed E-state index contributed by atoms with van der Waals surface area (Å²) in [6, 6.07) is 8.27. The van der Waals surface area contributed by atoms with Crippen molar-refractivity contribution in [2.24, 2.45) is 4.99 Å². The Bertz CT molecular complexity index is 636. The predicted octanol–water partition coefficient (Wildman–Crippen LogP) is 0.544. The summed E-state index contributed by atoms with van der Waals surface area (Å²) >= 11 is 0. The molecule has 1 heterocycles. The number of anilines is 1. The quantitative estimate of drug-likeness (QED) is 0.391. The molecule has 1 saturated heterocycles. The molecule has 150 valence electrons. The van der Waals surface area contributed by atoms with E-state index in [0.29, 0.717) is 19.1 Å². The summed E-state index contributed by atoms with van der Waals surface area (Å²) in [5.74, 6) is 1.47. The van der Waals surface area contributed by atoms with Gasteiger partial charge >= 0.3 is 0 Å². The zero-order valence-corrected chi connectivity index (χ0v) is 16.7. The first-order chi connectivity index (χ1) is 13.0. The van der Waals surface area contributed by atoms with Gasteiger partial charge in [0.25, 0.3) is 0 Å². The second-order valence-electron chi connectivity index (χ2n) is 6.62. The molecule has 2 rings (SSSR count). The predicted molar refractivity (Wildman–Crippen MR) is 108 cm³/mol. The second kappa shape index (κ2) is 10.6. The number of nitrogens with one attached hydrogen (secondary N) is 2. The van der Waals surface area contributed by atoms with Crippen LogP contribution in [0.4, 0.5) is 5.69 Å². The van der Waals surface area contributed by atoms with Crippen molar-refractivity contribution >= 4 is 17.6 Å². The minimum atomic E-state index is -0.0371. The molecule has 8 nitrogen and oxygen atoms in total. The molecule has 1 aromatic carbocycles. The Morgan fingerprint density at radius 1 is 1.33 bits per heavy atom. The minimum Gasteiger partial charge on any atom is -0.495 e. The van der Waals surface area contributed by atoms with Gasteiger partial charge in [-0.15, -0.1) is 0 Å². The van der Waals surface area contributed by atoms with Crippen LogP contribution in [0.5, 0.6) is 5.75 Å². The molecule has 1 aromatic rings. The normalized spacial score (nSPS) is 17.0. The number of hydrogen-bond acceptors (Lipinski definition) is 5. The smallest absolute Gasteiger partial charge is 0.243 e. The maximum absolute atomic E-state index is 11.8. The third-order valence-electron chi connectivity index (χ3n) is 4.42. The molecule has 0 radical (unpaired) electrons. The Hall–Kier alpha value is -2.48. The number of hydrogen-bond donors (Lipinski definition) is 2. The number of ether oxygens (including phenoxy) is 2. The first-order valence-corrected chi connectivity index (χ1v) is 9.17. The highest BCUT2D eigenvalue weighted by molar-refractivity contribution is 5.85. The van der Waals surface area contributed by atoms with Crippen molar-refractivity contribution in [3.8, 4) is 5.75 Å². The van der Waals surface area contributed by atoms with Gasteiger partial charge in [-0.1, -0.05) is 12.1 Å². The second-order valence-corrected chi connectivity index (χ2v) is 6.62. The fourth-order valence-electron chi connectivity index (χ4n) is 2.89. The summed E-state index contributed by atoms with van der Waals surface area (Å²) in [5, 5.41) is 6.66. The number of amides is 1. The highest BCUT2D eigenvalue weighted by Crippen LogP contribution is 2.30. The van der Waals surface area contributed by atoms with E-state index in [9.17, 15) is 4.79 Å². The van der Waals surface area contributed by atoms with E-state index in [1.54, 1.807) is 28.3 Å². The number of aliphatic imine (C=N–C) groups is 1. The summed E-state index contributed by atoms with van der Waals surface area (Å²) < 4.78 is 10.6. The highest BCUT2D eigenvalue weighted by Gasteiger charge is 2.25. The number of para-hydroxylation sites is 2. The summed E-state index contributed by atoms with van der Waals surface area (Å²) in [4.78, 5) is 20.1. The van der Waals surface area contributed by atoms with Gasteiger partial charge in [0.2, 0.25) is 5.91 Å². The number of methoxy groups -OCH3 is 2. The van der Waals surface area contributed by atoms with Crippen molar-refractivity contribution in [2.75, 3.05) is 66.0 Å². The minimum absolute atomic E-state index is 0.0371. The van der Waals surface area contributed by atoms with Crippen molar-refractivity contribution < 1.29 is 14.3 Å². The topological polar surface area (TPSA) is 78.4 Å². The number of guanidine groups is 1. The van der Waals surface area contributed by atoms with Gasteiger partial charge in [0.15, 0.2) is 5.96 Å². The number of benzene rings is 1. The lowest BCUT2D eigenvalue weighted by Gasteiger charge is -2.22. The largest absolute Gasteiger partial charge is 0.495 e. The van der Waals surface area contributed by atoms with E-state index in [0.717, 1.165) is 30.9 Å². The number of likely N-dealkylation sites (N-methyl/N-ethyl adjacent to an activating group) is 1. The van der Waals surface area contributed by atoms with Crippen molar-refractivity contribution in [1.29, 1.82) is 0 Å². The fraction of sp³-hybridized carbons (Fsp3) is 0.579. The summed E-state index contributed by atoms with van der Waals surface area (Å²) in [5.41, 5.74) is 1.10. The van der Waals surface area contributed by atoms with Crippen molar-refractivity contribution in [3.05, 3.63) is 24.3 Å². The fourth-order valence-corrected chi connectivity index (χ4v) is 2.89. The van der Waals surface area contributed by atoms with Gasteiger partial charge < -0.3 is 29.9 Å². The van der Waals surface area contributed by atoms with Gasteiger partial charge in [-0.25, -0.2) is 4.99 Å². The van der Waals surface area contributed by atoms with Gasteiger partial charge in [-0.05, 0) is 18.6 Å². The molecule has 0 saturated carbocycles. The summed E-state index contributed by atoms with van der Waals surface area (Å²) in [7, 11) is 6.80. The molecule has 1 amide bonds. The van der Waals surface area contributed by atoms with E-state index < -0.39 is 0 Å². The Morgan fingerprint density at radius 2 is 2.11 bits per heavy atom. The Morgan fingerprint density at radius 3 is 2.81 bits per heavy atom. The van der Waals surface area contributed by atoms with Crippen LogP contribution in [0.2, 0.25) is 0 Å². The van der Waals surface area contributed by atoms with Crippen LogP contribution < -0.4 is 20.3 Å². The molecule has 0 aromatic heterocycles. The molecule has 0 spiro atoms. The maximum atomic E-state index is 11.8. The number of nitrogens with zero attached hydrogens (tertiary/aromatic N) is 3. The van der Waals surface area contributed by atoms with E-state index >= 15 is 0 Å². The zero-order valence-electron chi connectivity index (χ0n) is 16.7. The monoisotopic (exact) mass is 377 g/mol. The summed E-state index contributed by atoms with van der Waals surface area (Å²) in [6.45, 7) is 3.08. The van der Waals surface area contributed by atoms with E-state index in [2.05, 4.69) is 26.6 Å².